The number of nitrogens with one attached hydrogen (secondary N) is 1. The van der Waals surface area contributed by atoms with Crippen molar-refractivity contribution in [2.45, 2.75) is 25.9 Å². The molecule has 0 unspecified atom stereocenters. The van der Waals surface area contributed by atoms with Crippen molar-refractivity contribution >= 4 is 55.9 Å². The number of morpholine rings is 1. The second kappa shape index (κ2) is 12.8. The number of nitrogens with zero attached hydrogens (tertiary/aromatic N) is 6. The first-order chi connectivity index (χ1) is 18.5. The van der Waals surface area contributed by atoms with Crippen molar-refractivity contribution < 1.29 is 13.9 Å². The highest BCUT2D eigenvalue weighted by atomic mass is 79.9. The first-order valence-electron chi connectivity index (χ1n) is 12.5. The molecule has 0 radical (unpaired) electrons. The number of hydrogen-bond donors (Lipinski definition) is 1. The van der Waals surface area contributed by atoms with Gasteiger partial charge in [0.05, 0.1) is 28.4 Å². The lowest BCUT2D eigenvalue weighted by Gasteiger charge is -2.30. The van der Waals surface area contributed by atoms with Crippen molar-refractivity contribution in [1.82, 2.24) is 15.0 Å². The predicted octanol–water partition coefficient (Wildman–Crippen LogP) is 5.39. The highest BCUT2D eigenvalue weighted by Crippen LogP contribution is 2.35. The predicted molar refractivity (Wildman–Crippen MR) is 153 cm³/mol. The number of rotatable bonds is 8. The number of hydrazone groups is 1. The zero-order chi connectivity index (χ0) is 26.3. The minimum atomic E-state index is -0.273. The molecule has 38 heavy (non-hydrogen) atoms. The number of benzene rings is 2. The van der Waals surface area contributed by atoms with E-state index in [4.69, 9.17) is 14.5 Å². The van der Waals surface area contributed by atoms with E-state index < -0.39 is 0 Å². The van der Waals surface area contributed by atoms with E-state index in [0.717, 1.165) is 59.1 Å². The summed E-state index contributed by atoms with van der Waals surface area (Å²) in [6, 6.07) is 10.0. The Bertz CT molecular complexity index is 1210. The van der Waals surface area contributed by atoms with E-state index in [9.17, 15) is 4.39 Å². The van der Waals surface area contributed by atoms with Crippen LogP contribution in [0.1, 0.15) is 30.4 Å². The molecule has 2 saturated heterocycles. The number of hydrogen-bond acceptors (Lipinski definition) is 9. The van der Waals surface area contributed by atoms with E-state index in [2.05, 4.69) is 62.2 Å². The molecule has 0 spiro atoms. The average molecular weight is 649 g/mol. The van der Waals surface area contributed by atoms with E-state index in [1.165, 1.54) is 18.6 Å². The zero-order valence-electron chi connectivity index (χ0n) is 20.7. The summed E-state index contributed by atoms with van der Waals surface area (Å²) in [7, 11) is 0. The summed E-state index contributed by atoms with van der Waals surface area (Å²) in [5.41, 5.74) is 4.70. The summed E-state index contributed by atoms with van der Waals surface area (Å²) >= 11 is 7.15. The van der Waals surface area contributed by atoms with Gasteiger partial charge >= 0.3 is 0 Å². The number of aromatic nitrogens is 3. The molecule has 200 valence electrons. The van der Waals surface area contributed by atoms with E-state index in [1.807, 2.05) is 12.1 Å². The van der Waals surface area contributed by atoms with E-state index in [0.29, 0.717) is 43.4 Å². The van der Waals surface area contributed by atoms with Crippen LogP contribution in [0.25, 0.3) is 0 Å². The Morgan fingerprint density at radius 3 is 2.21 bits per heavy atom. The SMILES string of the molecule is Fc1ccc(COc2c(Br)cc(/C=N\Nc3nc(N4CCCCC4)nc(N4CCOCC4)n3)cc2Br)cc1. The third kappa shape index (κ3) is 6.97. The first-order valence-corrected chi connectivity index (χ1v) is 14.1. The summed E-state index contributed by atoms with van der Waals surface area (Å²) in [4.78, 5) is 18.4. The summed E-state index contributed by atoms with van der Waals surface area (Å²) < 4.78 is 26.1. The minimum Gasteiger partial charge on any atom is -0.487 e. The van der Waals surface area contributed by atoms with Crippen molar-refractivity contribution in [2.24, 2.45) is 5.10 Å². The van der Waals surface area contributed by atoms with Crippen molar-refractivity contribution in [2.75, 3.05) is 54.6 Å². The lowest BCUT2D eigenvalue weighted by Crippen LogP contribution is -2.38. The summed E-state index contributed by atoms with van der Waals surface area (Å²) in [6.07, 6.45) is 5.19. The van der Waals surface area contributed by atoms with Gasteiger partial charge in [0.1, 0.15) is 18.2 Å². The normalized spacial score (nSPS) is 16.2. The molecule has 9 nitrogen and oxygen atoms in total. The van der Waals surface area contributed by atoms with Crippen LogP contribution in [0.4, 0.5) is 22.2 Å². The van der Waals surface area contributed by atoms with Crippen LogP contribution < -0.4 is 20.0 Å². The topological polar surface area (TPSA) is 88.0 Å². The Kier molecular flexibility index (Phi) is 9.02. The largest absolute Gasteiger partial charge is 0.487 e. The second-order valence-corrected chi connectivity index (χ2v) is 10.7. The molecule has 1 N–H and O–H groups in total. The fraction of sp³-hybridized carbons (Fsp3) is 0.385. The second-order valence-electron chi connectivity index (χ2n) is 9.00. The fourth-order valence-electron chi connectivity index (χ4n) is 4.24. The van der Waals surface area contributed by atoms with Gasteiger partial charge in [-0.2, -0.15) is 20.1 Å². The molecular formula is C26H28Br2FN7O2. The lowest BCUT2D eigenvalue weighted by molar-refractivity contribution is 0.122. The molecule has 12 heteroatoms. The van der Waals surface area contributed by atoms with Gasteiger partial charge in [0, 0.05) is 26.2 Å². The lowest BCUT2D eigenvalue weighted by atomic mass is 10.1. The van der Waals surface area contributed by atoms with Crippen molar-refractivity contribution in [3.63, 3.8) is 0 Å². The Morgan fingerprint density at radius 2 is 1.55 bits per heavy atom. The third-order valence-corrected chi connectivity index (χ3v) is 7.42. The Morgan fingerprint density at radius 1 is 0.921 bits per heavy atom. The van der Waals surface area contributed by atoms with Crippen molar-refractivity contribution in [1.29, 1.82) is 0 Å². The fourth-order valence-corrected chi connectivity index (χ4v) is 5.69. The van der Waals surface area contributed by atoms with Crippen LogP contribution in [0.5, 0.6) is 5.75 Å². The maximum Gasteiger partial charge on any atom is 0.250 e. The molecule has 0 amide bonds. The molecule has 0 atom stereocenters. The van der Waals surface area contributed by atoms with Crippen LogP contribution in [-0.4, -0.2) is 60.6 Å². The van der Waals surface area contributed by atoms with Crippen molar-refractivity contribution in [3.8, 4) is 5.75 Å². The van der Waals surface area contributed by atoms with E-state index in [-0.39, 0.29) is 5.82 Å². The standard InChI is InChI=1S/C26H28Br2FN7O2/c27-21-14-19(15-22(28)23(21)38-17-18-4-6-20(29)7-5-18)16-30-34-24-31-25(35-8-2-1-3-9-35)33-26(32-24)36-10-12-37-13-11-36/h4-7,14-16H,1-3,8-13,17H2,(H,31,32,33,34)/b30-16-. The molecule has 5 rings (SSSR count). The number of anilines is 3. The maximum atomic E-state index is 13.1. The van der Waals surface area contributed by atoms with Crippen LogP contribution >= 0.6 is 31.9 Å². The molecule has 0 bridgehead atoms. The van der Waals surface area contributed by atoms with Gasteiger partial charge in [-0.15, -0.1) is 0 Å². The third-order valence-electron chi connectivity index (χ3n) is 6.24. The molecule has 0 saturated carbocycles. The van der Waals surface area contributed by atoms with Gasteiger partial charge in [-0.05, 0) is 86.5 Å². The number of ether oxygens (including phenoxy) is 2. The number of halogens is 3. The molecule has 2 aliphatic heterocycles. The van der Waals surface area contributed by atoms with E-state index >= 15 is 0 Å². The average Bonchev–Trinajstić information content (AvgIpc) is 2.94. The molecular weight excluding hydrogens is 621 g/mol. The van der Waals surface area contributed by atoms with E-state index in [1.54, 1.807) is 18.3 Å². The monoisotopic (exact) mass is 647 g/mol. The van der Waals surface area contributed by atoms with Crippen LogP contribution in [0.2, 0.25) is 0 Å². The summed E-state index contributed by atoms with van der Waals surface area (Å²) in [5, 5.41) is 4.39. The molecule has 2 aromatic carbocycles. The van der Waals surface area contributed by atoms with Gasteiger partial charge in [0.2, 0.25) is 17.8 Å². The highest BCUT2D eigenvalue weighted by molar-refractivity contribution is 9.11. The smallest absolute Gasteiger partial charge is 0.250 e. The zero-order valence-corrected chi connectivity index (χ0v) is 23.9. The van der Waals surface area contributed by atoms with Crippen molar-refractivity contribution in [3.05, 3.63) is 62.3 Å². The van der Waals surface area contributed by atoms with Gasteiger partial charge in [-0.1, -0.05) is 12.1 Å². The quantitative estimate of drug-likeness (QED) is 0.257. The summed E-state index contributed by atoms with van der Waals surface area (Å²) in [5.74, 6) is 2.08. The molecule has 3 aromatic rings. The molecule has 1 aromatic heterocycles. The first kappa shape index (κ1) is 26.8. The molecule has 2 aliphatic rings. The van der Waals surface area contributed by atoms with Gasteiger partial charge in [0.15, 0.2) is 0 Å². The van der Waals surface area contributed by atoms with Gasteiger partial charge in [-0.3, -0.25) is 0 Å². The number of piperidine rings is 1. The Balaban J connectivity index is 1.29. The molecule has 2 fully saturated rings. The highest BCUT2D eigenvalue weighted by Gasteiger charge is 2.20. The Hall–Kier alpha value is -2.83. The molecule has 0 aliphatic carbocycles. The van der Waals surface area contributed by atoms with Gasteiger partial charge in [0.25, 0.3) is 0 Å². The van der Waals surface area contributed by atoms with Gasteiger partial charge < -0.3 is 19.3 Å². The van der Waals surface area contributed by atoms with Crippen LogP contribution in [0, 0.1) is 5.82 Å². The van der Waals surface area contributed by atoms with Gasteiger partial charge in [-0.25, -0.2) is 9.82 Å². The Labute approximate surface area is 237 Å². The maximum absolute atomic E-state index is 13.1. The van der Waals surface area contributed by atoms with Crippen LogP contribution in [-0.2, 0) is 11.3 Å². The minimum absolute atomic E-state index is 0.273. The summed E-state index contributed by atoms with van der Waals surface area (Å²) in [6.45, 7) is 4.97. The molecule has 3 heterocycles. The van der Waals surface area contributed by atoms with Crippen LogP contribution in [0.15, 0.2) is 50.4 Å². The van der Waals surface area contributed by atoms with Crippen LogP contribution in [0.3, 0.4) is 0 Å².